The Morgan fingerprint density at radius 1 is 1.06 bits per heavy atom. The van der Waals surface area contributed by atoms with E-state index in [-0.39, 0.29) is 0 Å². The van der Waals surface area contributed by atoms with Crippen LogP contribution >= 0.6 is 0 Å². The summed E-state index contributed by atoms with van der Waals surface area (Å²) in [6.45, 7) is 0.414. The van der Waals surface area contributed by atoms with Gasteiger partial charge in [-0.05, 0) is 29.8 Å². The molecule has 11 nitrogen and oxygen atoms in total. The zero-order chi connectivity index (χ0) is 25.5. The van der Waals surface area contributed by atoms with Crippen LogP contribution in [0.3, 0.4) is 0 Å². The van der Waals surface area contributed by atoms with Gasteiger partial charge in [0.15, 0.2) is 11.5 Å². The number of hydrogen-bond acceptors (Lipinski definition) is 8. The van der Waals surface area contributed by atoms with E-state index in [0.717, 1.165) is 11.3 Å². The van der Waals surface area contributed by atoms with E-state index in [4.69, 9.17) is 23.6 Å². The molecule has 0 radical (unpaired) electrons. The van der Waals surface area contributed by atoms with Gasteiger partial charge in [-0.15, -0.1) is 0 Å². The van der Waals surface area contributed by atoms with Gasteiger partial charge >= 0.3 is 6.03 Å². The average molecular weight is 494 g/mol. The van der Waals surface area contributed by atoms with Crippen LogP contribution in [-0.4, -0.2) is 56.1 Å². The summed E-state index contributed by atoms with van der Waals surface area (Å²) < 4.78 is 21.7. The summed E-state index contributed by atoms with van der Waals surface area (Å²) in [5.41, 5.74) is 4.21. The van der Waals surface area contributed by atoms with Crippen molar-refractivity contribution in [2.75, 3.05) is 40.0 Å². The lowest BCUT2D eigenvalue weighted by Crippen LogP contribution is -2.40. The molecule has 0 spiro atoms. The van der Waals surface area contributed by atoms with Gasteiger partial charge in [-0.3, -0.25) is 4.84 Å². The highest BCUT2D eigenvalue weighted by Gasteiger charge is 2.21. The summed E-state index contributed by atoms with van der Waals surface area (Å²) in [7, 11) is 6.07. The van der Waals surface area contributed by atoms with Gasteiger partial charge in [-0.25, -0.2) is 9.78 Å². The van der Waals surface area contributed by atoms with Crippen molar-refractivity contribution in [3.8, 4) is 39.6 Å². The molecular formula is C25H27N5O6. The number of anilines is 1. The molecule has 0 bridgehead atoms. The fourth-order valence-electron chi connectivity index (χ4n) is 3.77. The Bertz CT molecular complexity index is 1280. The van der Waals surface area contributed by atoms with Gasteiger partial charge in [0.05, 0.1) is 40.5 Å². The normalized spacial score (nSPS) is 10.7. The first-order valence-electron chi connectivity index (χ1n) is 11.0. The summed E-state index contributed by atoms with van der Waals surface area (Å²) in [4.78, 5) is 25.1. The molecule has 0 saturated heterocycles. The molecule has 2 heterocycles. The zero-order valence-electron chi connectivity index (χ0n) is 20.4. The lowest BCUT2D eigenvalue weighted by Gasteiger charge is -2.20. The van der Waals surface area contributed by atoms with E-state index in [0.29, 0.717) is 52.7 Å². The van der Waals surface area contributed by atoms with Crippen LogP contribution < -0.4 is 24.6 Å². The summed E-state index contributed by atoms with van der Waals surface area (Å²) in [5, 5.41) is 8.23. The zero-order valence-corrected chi connectivity index (χ0v) is 20.4. The number of rotatable bonds is 10. The van der Waals surface area contributed by atoms with E-state index in [1.807, 2.05) is 18.2 Å². The van der Waals surface area contributed by atoms with E-state index >= 15 is 0 Å². The van der Waals surface area contributed by atoms with Crippen molar-refractivity contribution in [2.24, 2.45) is 0 Å². The first-order chi connectivity index (χ1) is 17.6. The highest BCUT2D eigenvalue weighted by molar-refractivity contribution is 5.91. The second-order valence-electron chi connectivity index (χ2n) is 7.58. The fraction of sp³-hybridized carbons (Fsp3) is 0.240. The Balaban J connectivity index is 1.60. The van der Waals surface area contributed by atoms with Crippen LogP contribution in [0, 0.1) is 0 Å². The molecule has 4 rings (SSSR count). The molecule has 0 unspecified atom stereocenters. The topological polar surface area (TPSA) is 124 Å². The Morgan fingerprint density at radius 3 is 2.47 bits per heavy atom. The van der Waals surface area contributed by atoms with Crippen molar-refractivity contribution >= 4 is 11.7 Å². The molecule has 0 saturated carbocycles. The molecule has 11 heteroatoms. The predicted octanol–water partition coefficient (Wildman–Crippen LogP) is 4.08. The molecule has 0 aliphatic heterocycles. The SMILES string of the molecule is COc1cc(-c2nocc2-c2cccc(N(OC)C(=O)NCCc3cnc[nH]3)c2)cc(OC)c1OC. The van der Waals surface area contributed by atoms with E-state index in [9.17, 15) is 4.79 Å². The van der Waals surface area contributed by atoms with Gasteiger partial charge in [-0.2, -0.15) is 5.06 Å². The average Bonchev–Trinajstić information content (AvgIpc) is 3.61. The van der Waals surface area contributed by atoms with Crippen molar-refractivity contribution in [1.82, 2.24) is 20.4 Å². The third-order valence-electron chi connectivity index (χ3n) is 5.49. The summed E-state index contributed by atoms with van der Waals surface area (Å²) >= 11 is 0. The van der Waals surface area contributed by atoms with E-state index in [1.165, 1.54) is 12.2 Å². The van der Waals surface area contributed by atoms with Crippen molar-refractivity contribution in [1.29, 1.82) is 0 Å². The van der Waals surface area contributed by atoms with Crippen LogP contribution in [0.25, 0.3) is 22.4 Å². The van der Waals surface area contributed by atoms with E-state index in [2.05, 4.69) is 20.4 Å². The largest absolute Gasteiger partial charge is 0.493 e. The van der Waals surface area contributed by atoms with Crippen LogP contribution in [0.5, 0.6) is 17.2 Å². The lowest BCUT2D eigenvalue weighted by atomic mass is 10.0. The predicted molar refractivity (Wildman–Crippen MR) is 132 cm³/mol. The van der Waals surface area contributed by atoms with Crippen molar-refractivity contribution in [2.45, 2.75) is 6.42 Å². The number of carbonyl (C=O) groups is 1. The second kappa shape index (κ2) is 11.3. The Hall–Kier alpha value is -4.51. The number of hydrogen-bond donors (Lipinski definition) is 2. The monoisotopic (exact) mass is 493 g/mol. The number of imidazole rings is 1. The number of carbonyl (C=O) groups excluding carboxylic acids is 1. The fourth-order valence-corrected chi connectivity index (χ4v) is 3.77. The van der Waals surface area contributed by atoms with Crippen molar-refractivity contribution in [3.05, 3.63) is 60.9 Å². The number of urea groups is 1. The number of benzene rings is 2. The standard InChI is InChI=1S/C25H27N5O6/c1-32-21-11-17(12-22(33-2)24(21)34-3)23-20(14-36-29-23)16-6-5-7-19(10-16)30(35-4)25(31)27-9-8-18-13-26-15-28-18/h5-7,10-15H,8-9H2,1-4H3,(H,26,28)(H,27,31). The number of nitrogens with one attached hydrogen (secondary N) is 2. The van der Waals surface area contributed by atoms with Crippen LogP contribution in [0.1, 0.15) is 5.69 Å². The lowest BCUT2D eigenvalue weighted by molar-refractivity contribution is 0.163. The van der Waals surface area contributed by atoms with Gasteiger partial charge in [0.2, 0.25) is 5.75 Å². The summed E-state index contributed by atoms with van der Waals surface area (Å²) in [6.07, 6.45) is 5.47. The molecule has 0 atom stereocenters. The van der Waals surface area contributed by atoms with E-state index in [1.54, 1.807) is 58.3 Å². The van der Waals surface area contributed by atoms with E-state index < -0.39 is 6.03 Å². The maximum atomic E-state index is 12.8. The molecule has 4 aromatic rings. The molecular weight excluding hydrogens is 466 g/mol. The minimum absolute atomic E-state index is 0.399. The smallest absolute Gasteiger partial charge is 0.346 e. The first kappa shape index (κ1) is 24.6. The van der Waals surface area contributed by atoms with Gasteiger partial charge in [0.25, 0.3) is 0 Å². The van der Waals surface area contributed by atoms with Crippen molar-refractivity contribution < 1.29 is 28.4 Å². The molecule has 0 fully saturated rings. The minimum atomic E-state index is -0.399. The Kier molecular flexibility index (Phi) is 7.71. The van der Waals surface area contributed by atoms with Crippen molar-refractivity contribution in [3.63, 3.8) is 0 Å². The van der Waals surface area contributed by atoms with Crippen LogP contribution in [0.2, 0.25) is 0 Å². The number of aromatic nitrogens is 3. The number of ether oxygens (including phenoxy) is 3. The number of hydroxylamine groups is 1. The molecule has 36 heavy (non-hydrogen) atoms. The maximum absolute atomic E-state index is 12.8. The second-order valence-corrected chi connectivity index (χ2v) is 7.58. The van der Waals surface area contributed by atoms with Gasteiger partial charge in [0.1, 0.15) is 12.0 Å². The quantitative estimate of drug-likeness (QED) is 0.317. The molecule has 0 aliphatic rings. The minimum Gasteiger partial charge on any atom is -0.493 e. The van der Waals surface area contributed by atoms with Gasteiger partial charge < -0.3 is 29.0 Å². The number of amides is 2. The maximum Gasteiger partial charge on any atom is 0.346 e. The molecule has 2 aromatic carbocycles. The molecule has 0 aliphatic carbocycles. The van der Waals surface area contributed by atoms with Crippen LogP contribution in [-0.2, 0) is 11.3 Å². The molecule has 2 aromatic heterocycles. The van der Waals surface area contributed by atoms with Gasteiger partial charge in [0, 0.05) is 36.0 Å². The number of H-pyrrole nitrogens is 1. The Labute approximate surface area is 207 Å². The summed E-state index contributed by atoms with van der Waals surface area (Å²) in [5.74, 6) is 1.46. The highest BCUT2D eigenvalue weighted by Crippen LogP contribution is 2.43. The highest BCUT2D eigenvalue weighted by atomic mass is 16.7. The third-order valence-corrected chi connectivity index (χ3v) is 5.49. The Morgan fingerprint density at radius 2 is 1.83 bits per heavy atom. The number of methoxy groups -OCH3 is 3. The van der Waals surface area contributed by atoms with Crippen LogP contribution in [0.15, 0.2) is 59.7 Å². The van der Waals surface area contributed by atoms with Crippen LogP contribution in [0.4, 0.5) is 10.5 Å². The third kappa shape index (κ3) is 5.10. The molecule has 2 amide bonds. The molecule has 2 N–H and O–H groups in total. The number of aromatic amines is 1. The first-order valence-corrected chi connectivity index (χ1v) is 11.0. The molecule has 188 valence electrons. The summed E-state index contributed by atoms with van der Waals surface area (Å²) in [6, 6.07) is 10.5. The van der Waals surface area contributed by atoms with Gasteiger partial charge in [-0.1, -0.05) is 17.3 Å². The number of nitrogens with zero attached hydrogens (tertiary/aromatic N) is 3.